The van der Waals surface area contributed by atoms with Gasteiger partial charge in [0.25, 0.3) is 5.91 Å². The summed E-state index contributed by atoms with van der Waals surface area (Å²) in [5.41, 5.74) is 6.45. The van der Waals surface area contributed by atoms with Gasteiger partial charge in [-0.1, -0.05) is 25.0 Å². The number of nitrogens with zero attached hydrogens (tertiary/aromatic N) is 1. The van der Waals surface area contributed by atoms with Crippen molar-refractivity contribution in [2.75, 3.05) is 20.2 Å². The minimum atomic E-state index is -3.88. The molecule has 2 amide bonds. The standard InChI is InChI=1S/C22H27N3O5S/c1-30-18-10-6-16(7-11-18)20-5-3-2-4-14-25(20)22(27)17-8-12-19(13-9-17)31(28,29)24-15-21(23)26/h6-13,20,24H,2-5,14-15H2,1H3,(H2,23,26)/t20-/m1/s1. The maximum Gasteiger partial charge on any atom is 0.254 e. The van der Waals surface area contributed by atoms with Gasteiger partial charge in [-0.05, 0) is 54.8 Å². The Hall–Kier alpha value is -2.91. The number of nitrogens with one attached hydrogen (secondary N) is 1. The molecule has 1 fully saturated rings. The van der Waals surface area contributed by atoms with Gasteiger partial charge < -0.3 is 15.4 Å². The van der Waals surface area contributed by atoms with E-state index in [9.17, 15) is 18.0 Å². The molecule has 0 bridgehead atoms. The van der Waals surface area contributed by atoms with E-state index in [2.05, 4.69) is 4.72 Å². The molecule has 8 nitrogen and oxygen atoms in total. The maximum absolute atomic E-state index is 13.3. The highest BCUT2D eigenvalue weighted by Gasteiger charge is 2.28. The molecule has 31 heavy (non-hydrogen) atoms. The molecule has 0 unspecified atom stereocenters. The number of methoxy groups -OCH3 is 1. The summed E-state index contributed by atoms with van der Waals surface area (Å²) in [4.78, 5) is 26.0. The zero-order chi connectivity index (χ0) is 22.4. The van der Waals surface area contributed by atoms with Crippen LogP contribution in [0.5, 0.6) is 5.75 Å². The van der Waals surface area contributed by atoms with Crippen LogP contribution in [-0.2, 0) is 14.8 Å². The van der Waals surface area contributed by atoms with Crippen molar-refractivity contribution in [3.05, 3.63) is 59.7 Å². The second-order valence-electron chi connectivity index (χ2n) is 7.45. The molecule has 1 aliphatic rings. The Morgan fingerprint density at radius 2 is 1.74 bits per heavy atom. The van der Waals surface area contributed by atoms with Crippen molar-refractivity contribution >= 4 is 21.8 Å². The number of benzene rings is 2. The van der Waals surface area contributed by atoms with Crippen molar-refractivity contribution in [2.45, 2.75) is 36.6 Å². The summed E-state index contributed by atoms with van der Waals surface area (Å²) in [7, 11) is -2.26. The molecule has 166 valence electrons. The Kier molecular flexibility index (Phi) is 7.29. The highest BCUT2D eigenvalue weighted by Crippen LogP contribution is 2.32. The number of primary amides is 1. The van der Waals surface area contributed by atoms with Crippen molar-refractivity contribution < 1.29 is 22.7 Å². The molecule has 1 heterocycles. The molecule has 3 rings (SSSR count). The number of amides is 2. The Bertz CT molecular complexity index is 1020. The lowest BCUT2D eigenvalue weighted by atomic mass is 10.00. The van der Waals surface area contributed by atoms with Crippen LogP contribution in [-0.4, -0.2) is 45.3 Å². The largest absolute Gasteiger partial charge is 0.497 e. The number of ether oxygens (including phenoxy) is 1. The van der Waals surface area contributed by atoms with E-state index < -0.39 is 22.5 Å². The summed E-state index contributed by atoms with van der Waals surface area (Å²) in [5.74, 6) is -0.158. The van der Waals surface area contributed by atoms with Crippen LogP contribution in [0.4, 0.5) is 0 Å². The average molecular weight is 446 g/mol. The molecule has 0 saturated carbocycles. The first-order chi connectivity index (χ1) is 14.8. The van der Waals surface area contributed by atoms with Gasteiger partial charge in [0, 0.05) is 12.1 Å². The second-order valence-corrected chi connectivity index (χ2v) is 9.22. The third kappa shape index (κ3) is 5.62. The number of nitrogens with two attached hydrogens (primary N) is 1. The monoisotopic (exact) mass is 445 g/mol. The van der Waals surface area contributed by atoms with Crippen molar-refractivity contribution in [1.29, 1.82) is 0 Å². The summed E-state index contributed by atoms with van der Waals surface area (Å²) < 4.78 is 31.8. The van der Waals surface area contributed by atoms with E-state index in [1.807, 2.05) is 29.2 Å². The molecule has 0 spiro atoms. The molecular formula is C22H27N3O5S. The average Bonchev–Trinajstić information content (AvgIpc) is 3.03. The van der Waals surface area contributed by atoms with E-state index in [1.165, 1.54) is 24.3 Å². The van der Waals surface area contributed by atoms with Crippen LogP contribution in [0.3, 0.4) is 0 Å². The summed E-state index contributed by atoms with van der Waals surface area (Å²) in [5, 5.41) is 0. The van der Waals surface area contributed by atoms with Gasteiger partial charge in [0.05, 0.1) is 24.6 Å². The SMILES string of the molecule is COc1ccc([C@H]2CCCCCN2C(=O)c2ccc(S(=O)(=O)NCC(N)=O)cc2)cc1. The molecule has 1 saturated heterocycles. The predicted octanol–water partition coefficient (Wildman–Crippen LogP) is 2.22. The zero-order valence-electron chi connectivity index (χ0n) is 17.4. The first-order valence-electron chi connectivity index (χ1n) is 10.1. The van der Waals surface area contributed by atoms with Crippen molar-refractivity contribution in [3.63, 3.8) is 0 Å². The number of carbonyl (C=O) groups is 2. The fraction of sp³-hybridized carbons (Fsp3) is 0.364. The quantitative estimate of drug-likeness (QED) is 0.677. The number of rotatable bonds is 7. The van der Waals surface area contributed by atoms with Crippen molar-refractivity contribution in [3.8, 4) is 5.75 Å². The fourth-order valence-electron chi connectivity index (χ4n) is 3.72. The molecule has 1 atom stereocenters. The summed E-state index contributed by atoms with van der Waals surface area (Å²) in [6.45, 7) is 0.149. The van der Waals surface area contributed by atoms with Gasteiger partial charge in [0.1, 0.15) is 5.75 Å². The number of likely N-dealkylation sites (tertiary alicyclic amines) is 1. The van der Waals surface area contributed by atoms with Gasteiger partial charge in [0.15, 0.2) is 0 Å². The molecule has 9 heteroatoms. The molecule has 0 aliphatic carbocycles. The van der Waals surface area contributed by atoms with Gasteiger partial charge in [-0.2, -0.15) is 0 Å². The number of sulfonamides is 1. The number of carbonyl (C=O) groups excluding carboxylic acids is 2. The minimum Gasteiger partial charge on any atom is -0.497 e. The smallest absolute Gasteiger partial charge is 0.254 e. The van der Waals surface area contributed by atoms with Gasteiger partial charge in [0.2, 0.25) is 15.9 Å². The molecular weight excluding hydrogens is 418 g/mol. The third-order valence-electron chi connectivity index (χ3n) is 5.36. The Morgan fingerprint density at radius 3 is 2.35 bits per heavy atom. The normalized spacial score (nSPS) is 17.1. The van der Waals surface area contributed by atoms with E-state index in [-0.39, 0.29) is 16.8 Å². The number of hydrogen-bond acceptors (Lipinski definition) is 5. The second kappa shape index (κ2) is 9.93. The van der Waals surface area contributed by atoms with Crippen LogP contribution in [0.2, 0.25) is 0 Å². The third-order valence-corrected chi connectivity index (χ3v) is 6.78. The van der Waals surface area contributed by atoms with Gasteiger partial charge in [-0.3, -0.25) is 9.59 Å². The fourth-order valence-corrected chi connectivity index (χ4v) is 4.71. The molecule has 3 N–H and O–H groups in total. The topological polar surface area (TPSA) is 119 Å². The van der Waals surface area contributed by atoms with E-state index in [4.69, 9.17) is 10.5 Å². The summed E-state index contributed by atoms with van der Waals surface area (Å²) in [6.07, 6.45) is 3.87. The Balaban J connectivity index is 1.82. The van der Waals surface area contributed by atoms with Crippen molar-refractivity contribution in [2.24, 2.45) is 5.73 Å². The summed E-state index contributed by atoms with van der Waals surface area (Å²) >= 11 is 0. The van der Waals surface area contributed by atoms with Crippen LogP contribution in [0.25, 0.3) is 0 Å². The van der Waals surface area contributed by atoms with Gasteiger partial charge in [-0.25, -0.2) is 13.1 Å². The van der Waals surface area contributed by atoms with Gasteiger partial charge >= 0.3 is 0 Å². The van der Waals surface area contributed by atoms with Crippen LogP contribution < -0.4 is 15.2 Å². The lowest BCUT2D eigenvalue weighted by Gasteiger charge is -2.31. The van der Waals surface area contributed by atoms with Crippen LogP contribution in [0.15, 0.2) is 53.4 Å². The maximum atomic E-state index is 13.3. The first-order valence-corrected chi connectivity index (χ1v) is 11.6. The van der Waals surface area contributed by atoms with Gasteiger partial charge in [-0.15, -0.1) is 0 Å². The molecule has 2 aromatic carbocycles. The van der Waals surface area contributed by atoms with Crippen LogP contribution >= 0.6 is 0 Å². The van der Waals surface area contributed by atoms with E-state index >= 15 is 0 Å². The van der Waals surface area contributed by atoms with E-state index in [0.717, 1.165) is 37.0 Å². The minimum absolute atomic E-state index is 0.0344. The Morgan fingerprint density at radius 1 is 1.06 bits per heavy atom. The molecule has 2 aromatic rings. The highest BCUT2D eigenvalue weighted by molar-refractivity contribution is 7.89. The van der Waals surface area contributed by atoms with E-state index in [0.29, 0.717) is 12.1 Å². The van der Waals surface area contributed by atoms with Crippen molar-refractivity contribution in [1.82, 2.24) is 9.62 Å². The van der Waals surface area contributed by atoms with Crippen LogP contribution in [0.1, 0.15) is 47.6 Å². The lowest BCUT2D eigenvalue weighted by molar-refractivity contribution is -0.116. The summed E-state index contributed by atoms with van der Waals surface area (Å²) in [6, 6.07) is 13.4. The lowest BCUT2D eigenvalue weighted by Crippen LogP contribution is -2.35. The van der Waals surface area contributed by atoms with Crippen LogP contribution in [0, 0.1) is 0 Å². The Labute approximate surface area is 182 Å². The molecule has 0 aromatic heterocycles. The molecule has 0 radical (unpaired) electrons. The number of hydrogen-bond donors (Lipinski definition) is 2. The zero-order valence-corrected chi connectivity index (χ0v) is 18.2. The highest BCUT2D eigenvalue weighted by atomic mass is 32.2. The predicted molar refractivity (Wildman–Crippen MR) is 116 cm³/mol. The molecule has 1 aliphatic heterocycles. The van der Waals surface area contributed by atoms with E-state index in [1.54, 1.807) is 7.11 Å². The first kappa shape index (κ1) is 22.8.